The largest absolute Gasteiger partial charge is 0.384 e. The molecule has 3 N–H and O–H groups in total. The summed E-state index contributed by atoms with van der Waals surface area (Å²) in [5.41, 5.74) is 9.00. The zero-order valence-electron chi connectivity index (χ0n) is 12.4. The second-order valence-electron chi connectivity index (χ2n) is 5.06. The molecular formula is C17H20FN3. The van der Waals surface area contributed by atoms with Crippen molar-refractivity contribution in [1.82, 2.24) is 0 Å². The zero-order chi connectivity index (χ0) is 15.4. The van der Waals surface area contributed by atoms with Crippen molar-refractivity contribution in [2.75, 3.05) is 11.4 Å². The number of hydrogen-bond acceptors (Lipinski definition) is 2. The number of nitrogen functional groups attached to an aromatic ring is 1. The van der Waals surface area contributed by atoms with E-state index < -0.39 is 0 Å². The number of nitrogens with one attached hydrogen (secondary N) is 1. The summed E-state index contributed by atoms with van der Waals surface area (Å²) in [6, 6.07) is 12.7. The molecule has 0 fully saturated rings. The maximum atomic E-state index is 13.7. The molecular weight excluding hydrogens is 265 g/mol. The number of nitrogens with two attached hydrogens (primary N) is 1. The lowest BCUT2D eigenvalue weighted by Crippen LogP contribution is -2.23. The minimum Gasteiger partial charge on any atom is -0.384 e. The van der Waals surface area contributed by atoms with Crippen LogP contribution < -0.4 is 10.6 Å². The van der Waals surface area contributed by atoms with Crippen LogP contribution in [0.15, 0.2) is 42.5 Å². The van der Waals surface area contributed by atoms with Crippen molar-refractivity contribution in [3.8, 4) is 0 Å². The molecule has 0 aliphatic carbocycles. The first-order valence-corrected chi connectivity index (χ1v) is 6.95. The van der Waals surface area contributed by atoms with Gasteiger partial charge < -0.3 is 10.6 Å². The Hall–Kier alpha value is -2.36. The van der Waals surface area contributed by atoms with Crippen LogP contribution in [0.3, 0.4) is 0 Å². The lowest BCUT2D eigenvalue weighted by atomic mass is 10.1. The molecule has 0 saturated carbocycles. The van der Waals surface area contributed by atoms with Crippen LogP contribution in [0.4, 0.5) is 10.1 Å². The van der Waals surface area contributed by atoms with E-state index in [-0.39, 0.29) is 11.7 Å². The molecule has 110 valence electrons. The smallest absolute Gasteiger partial charge is 0.124 e. The van der Waals surface area contributed by atoms with Crippen molar-refractivity contribution in [3.63, 3.8) is 0 Å². The second kappa shape index (κ2) is 6.39. The van der Waals surface area contributed by atoms with E-state index in [9.17, 15) is 4.39 Å². The summed E-state index contributed by atoms with van der Waals surface area (Å²) in [6.07, 6.45) is 0. The molecule has 2 aromatic rings. The third-order valence-corrected chi connectivity index (χ3v) is 3.48. The van der Waals surface area contributed by atoms with E-state index in [1.165, 1.54) is 17.7 Å². The van der Waals surface area contributed by atoms with Crippen molar-refractivity contribution in [2.45, 2.75) is 20.4 Å². The number of para-hydroxylation sites is 1. The lowest BCUT2D eigenvalue weighted by Gasteiger charge is -2.25. The normalized spacial score (nSPS) is 10.4. The van der Waals surface area contributed by atoms with E-state index >= 15 is 0 Å². The molecule has 0 aliphatic heterocycles. The van der Waals surface area contributed by atoms with Gasteiger partial charge in [-0.3, -0.25) is 5.41 Å². The summed E-state index contributed by atoms with van der Waals surface area (Å²) in [4.78, 5) is 2.17. The molecule has 0 saturated heterocycles. The minimum atomic E-state index is -0.362. The molecule has 0 unspecified atom stereocenters. The zero-order valence-corrected chi connectivity index (χ0v) is 12.4. The van der Waals surface area contributed by atoms with Crippen LogP contribution in [0, 0.1) is 18.2 Å². The van der Waals surface area contributed by atoms with Crippen molar-refractivity contribution in [3.05, 3.63) is 65.0 Å². The van der Waals surface area contributed by atoms with E-state index in [2.05, 4.69) is 30.9 Å². The fourth-order valence-corrected chi connectivity index (χ4v) is 2.40. The Morgan fingerprint density at radius 3 is 2.57 bits per heavy atom. The molecule has 3 nitrogen and oxygen atoms in total. The van der Waals surface area contributed by atoms with E-state index in [0.717, 1.165) is 17.8 Å². The number of halogens is 1. The lowest BCUT2D eigenvalue weighted by molar-refractivity contribution is 0.624. The van der Waals surface area contributed by atoms with E-state index in [1.54, 1.807) is 6.07 Å². The van der Waals surface area contributed by atoms with Gasteiger partial charge in [0.1, 0.15) is 11.7 Å². The predicted molar refractivity (Wildman–Crippen MR) is 85.3 cm³/mol. The van der Waals surface area contributed by atoms with Crippen LogP contribution in [0.25, 0.3) is 0 Å². The molecule has 21 heavy (non-hydrogen) atoms. The van der Waals surface area contributed by atoms with Gasteiger partial charge >= 0.3 is 0 Å². The molecule has 2 rings (SSSR count). The van der Waals surface area contributed by atoms with Crippen LogP contribution >= 0.6 is 0 Å². The average molecular weight is 285 g/mol. The van der Waals surface area contributed by atoms with Crippen molar-refractivity contribution in [2.24, 2.45) is 5.73 Å². The van der Waals surface area contributed by atoms with Gasteiger partial charge in [0.2, 0.25) is 0 Å². The first kappa shape index (κ1) is 15.0. The van der Waals surface area contributed by atoms with Crippen molar-refractivity contribution >= 4 is 11.5 Å². The van der Waals surface area contributed by atoms with Gasteiger partial charge in [-0.1, -0.05) is 18.2 Å². The molecule has 0 atom stereocenters. The van der Waals surface area contributed by atoms with Crippen molar-refractivity contribution in [1.29, 1.82) is 5.41 Å². The number of benzene rings is 2. The highest BCUT2D eigenvalue weighted by Gasteiger charge is 2.10. The topological polar surface area (TPSA) is 53.1 Å². The fraction of sp³-hybridized carbons (Fsp3) is 0.235. The average Bonchev–Trinajstić information content (AvgIpc) is 2.45. The number of amidine groups is 1. The molecule has 0 aliphatic rings. The Kier molecular flexibility index (Phi) is 4.58. The number of rotatable bonds is 5. The third-order valence-electron chi connectivity index (χ3n) is 3.48. The summed E-state index contributed by atoms with van der Waals surface area (Å²) in [7, 11) is 0. The molecule has 0 aromatic heterocycles. The Balaban J connectivity index is 2.31. The Labute approximate surface area is 124 Å². The summed E-state index contributed by atoms with van der Waals surface area (Å²) in [5, 5.41) is 7.45. The van der Waals surface area contributed by atoms with Gasteiger partial charge in [-0.05, 0) is 49.2 Å². The highest BCUT2D eigenvalue weighted by atomic mass is 19.1. The maximum Gasteiger partial charge on any atom is 0.124 e. The van der Waals surface area contributed by atoms with Crippen LogP contribution in [0.2, 0.25) is 0 Å². The van der Waals surface area contributed by atoms with Gasteiger partial charge in [-0.15, -0.1) is 0 Å². The highest BCUT2D eigenvalue weighted by Crippen LogP contribution is 2.22. The SMILES string of the molecule is CCN(Cc1cc(F)cc(C(=N)N)c1)c1ccccc1C. The summed E-state index contributed by atoms with van der Waals surface area (Å²) >= 11 is 0. The highest BCUT2D eigenvalue weighted by molar-refractivity contribution is 5.95. The van der Waals surface area contributed by atoms with Gasteiger partial charge in [0.05, 0.1) is 0 Å². The van der Waals surface area contributed by atoms with Gasteiger partial charge in [-0.25, -0.2) is 4.39 Å². The molecule has 4 heteroatoms. The van der Waals surface area contributed by atoms with Gasteiger partial charge in [0.25, 0.3) is 0 Å². The number of hydrogen-bond donors (Lipinski definition) is 2. The number of aryl methyl sites for hydroxylation is 1. The van der Waals surface area contributed by atoms with Gasteiger partial charge in [-0.2, -0.15) is 0 Å². The summed E-state index contributed by atoms with van der Waals surface area (Å²) < 4.78 is 13.7. The van der Waals surface area contributed by atoms with Crippen LogP contribution in [-0.4, -0.2) is 12.4 Å². The third kappa shape index (κ3) is 3.60. The molecule has 0 amide bonds. The first-order valence-electron chi connectivity index (χ1n) is 6.95. The van der Waals surface area contributed by atoms with Gasteiger partial charge in [0.15, 0.2) is 0 Å². The monoisotopic (exact) mass is 285 g/mol. The van der Waals surface area contributed by atoms with E-state index in [4.69, 9.17) is 11.1 Å². The Morgan fingerprint density at radius 1 is 1.24 bits per heavy atom. The number of nitrogens with zero attached hydrogens (tertiary/aromatic N) is 1. The van der Waals surface area contributed by atoms with E-state index in [0.29, 0.717) is 12.1 Å². The fourth-order valence-electron chi connectivity index (χ4n) is 2.40. The van der Waals surface area contributed by atoms with Crippen LogP contribution in [-0.2, 0) is 6.54 Å². The Morgan fingerprint density at radius 2 is 1.95 bits per heavy atom. The molecule has 0 heterocycles. The summed E-state index contributed by atoms with van der Waals surface area (Å²) in [6.45, 7) is 5.53. The molecule has 0 radical (unpaired) electrons. The molecule has 2 aromatic carbocycles. The standard InChI is InChI=1S/C17H20FN3/c1-3-21(16-7-5-4-6-12(16)2)11-13-8-14(17(19)20)10-15(18)9-13/h4-10H,3,11H2,1-2H3,(H3,19,20). The molecule has 0 spiro atoms. The maximum absolute atomic E-state index is 13.7. The van der Waals surface area contributed by atoms with E-state index in [1.807, 2.05) is 12.1 Å². The van der Waals surface area contributed by atoms with Crippen LogP contribution in [0.1, 0.15) is 23.6 Å². The van der Waals surface area contributed by atoms with Crippen LogP contribution in [0.5, 0.6) is 0 Å². The number of anilines is 1. The molecule has 0 bridgehead atoms. The first-order chi connectivity index (χ1) is 10.0. The van der Waals surface area contributed by atoms with Crippen molar-refractivity contribution < 1.29 is 4.39 Å². The minimum absolute atomic E-state index is 0.116. The van der Waals surface area contributed by atoms with Gasteiger partial charge in [0, 0.05) is 24.3 Å². The Bertz CT molecular complexity index is 652. The summed E-state index contributed by atoms with van der Waals surface area (Å²) in [5.74, 6) is -0.478. The second-order valence-corrected chi connectivity index (χ2v) is 5.06. The quantitative estimate of drug-likeness (QED) is 0.653. The predicted octanol–water partition coefficient (Wildman–Crippen LogP) is 3.44.